The first-order valence-corrected chi connectivity index (χ1v) is 21.4. The number of amides is 2. The van der Waals surface area contributed by atoms with Gasteiger partial charge in [0.1, 0.15) is 13.9 Å². The van der Waals surface area contributed by atoms with E-state index < -0.39 is 18.1 Å². The second-order valence-corrected chi connectivity index (χ2v) is 22.9. The highest BCUT2D eigenvalue weighted by molar-refractivity contribution is 7.89. The number of hydrogen-bond acceptors (Lipinski definition) is 8. The van der Waals surface area contributed by atoms with Crippen LogP contribution in [0.2, 0.25) is 16.6 Å². The number of carbonyl (C=O) groups excluding carboxylic acids is 1. The van der Waals surface area contributed by atoms with Crippen molar-refractivity contribution in [2.75, 3.05) is 58.0 Å². The van der Waals surface area contributed by atoms with Gasteiger partial charge in [-0.15, -0.1) is 5.54 Å². The molecule has 11 nitrogen and oxygen atoms in total. The summed E-state index contributed by atoms with van der Waals surface area (Å²) in [6.07, 6.45) is 5.76. The van der Waals surface area contributed by atoms with E-state index >= 15 is 0 Å². The van der Waals surface area contributed by atoms with Crippen LogP contribution in [-0.2, 0) is 10.0 Å². The van der Waals surface area contributed by atoms with Crippen LogP contribution in [-0.4, -0.2) is 105 Å². The molecule has 0 bridgehead atoms. The number of nitrogens with zero attached hydrogens (tertiary/aromatic N) is 7. The summed E-state index contributed by atoms with van der Waals surface area (Å²) in [4.78, 5) is 34.0. The van der Waals surface area contributed by atoms with Crippen molar-refractivity contribution in [2.24, 2.45) is 0 Å². The number of likely N-dealkylation sites (N-methyl/N-ethyl adjacent to an activating group) is 3. The Morgan fingerprint density at radius 3 is 2.16 bits per heavy atom. The van der Waals surface area contributed by atoms with Crippen LogP contribution in [0.4, 0.5) is 22.2 Å². The summed E-state index contributed by atoms with van der Waals surface area (Å²) in [5, 5.41) is 3.95. The lowest BCUT2D eigenvalue weighted by molar-refractivity contribution is 0.229. The van der Waals surface area contributed by atoms with Crippen LogP contribution in [0.5, 0.6) is 0 Å². The highest BCUT2D eigenvalue weighted by Gasteiger charge is 2.51. The Labute approximate surface area is 299 Å². The van der Waals surface area contributed by atoms with E-state index in [4.69, 9.17) is 9.97 Å². The summed E-state index contributed by atoms with van der Waals surface area (Å²) >= 11 is 0. The summed E-state index contributed by atoms with van der Waals surface area (Å²) in [6.45, 7) is 15.5. The van der Waals surface area contributed by atoms with E-state index in [1.807, 2.05) is 37.0 Å². The smallest absolute Gasteiger partial charge is 0.325 e. The van der Waals surface area contributed by atoms with Crippen molar-refractivity contribution in [3.8, 4) is 11.5 Å². The maximum Gasteiger partial charge on any atom is 0.326 e. The Hall–Kier alpha value is -3.57. The minimum atomic E-state index is -3.63. The molecule has 1 spiro atoms. The SMILES string of the molecule is CC(C)[Si](C#Cc1cc(N2C(=O)N(C)CC23CCCC3)nc2nc(Nc3ccc(S(=O)(=O)N(C)CCN(C)C)cc3)ncc12)(C(C)C)C(C)C. The zero-order valence-corrected chi connectivity index (χ0v) is 33.2. The Morgan fingerprint density at radius 2 is 1.58 bits per heavy atom. The van der Waals surface area contributed by atoms with Gasteiger partial charge in [-0.2, -0.15) is 9.29 Å². The number of rotatable bonds is 11. The van der Waals surface area contributed by atoms with E-state index in [9.17, 15) is 13.2 Å². The number of pyridine rings is 1. The molecule has 2 amide bonds. The van der Waals surface area contributed by atoms with Gasteiger partial charge in [-0.1, -0.05) is 60.3 Å². The molecular formula is C37H54N8O3SSi. The predicted molar refractivity (Wildman–Crippen MR) is 205 cm³/mol. The Bertz CT molecular complexity index is 1860. The molecule has 0 radical (unpaired) electrons. The quantitative estimate of drug-likeness (QED) is 0.172. The van der Waals surface area contributed by atoms with E-state index in [1.165, 1.54) is 4.31 Å². The van der Waals surface area contributed by atoms with Crippen molar-refractivity contribution in [2.45, 2.75) is 94.3 Å². The molecule has 3 aromatic rings. The summed E-state index contributed by atoms with van der Waals surface area (Å²) in [5.41, 5.74) is 6.82. The molecule has 0 unspecified atom stereocenters. The van der Waals surface area contributed by atoms with Gasteiger partial charge in [0.25, 0.3) is 0 Å². The van der Waals surface area contributed by atoms with Gasteiger partial charge in [-0.25, -0.2) is 23.2 Å². The zero-order valence-electron chi connectivity index (χ0n) is 31.4. The lowest BCUT2D eigenvalue weighted by Crippen LogP contribution is -2.45. The van der Waals surface area contributed by atoms with Gasteiger partial charge in [-0.05, 0) is 73.9 Å². The molecule has 5 rings (SSSR count). The van der Waals surface area contributed by atoms with E-state index in [0.29, 0.717) is 59.4 Å². The van der Waals surface area contributed by atoms with Crippen LogP contribution in [0.3, 0.4) is 0 Å². The van der Waals surface area contributed by atoms with Crippen LogP contribution in [0.1, 0.15) is 72.8 Å². The third-order valence-electron chi connectivity index (χ3n) is 10.8. The number of sulfonamides is 1. The monoisotopic (exact) mass is 718 g/mol. The third kappa shape index (κ3) is 7.13. The maximum absolute atomic E-state index is 13.7. The van der Waals surface area contributed by atoms with Crippen molar-refractivity contribution in [1.82, 2.24) is 29.1 Å². The normalized spacial score (nSPS) is 16.6. The average molecular weight is 719 g/mol. The first-order chi connectivity index (χ1) is 23.5. The molecule has 1 aromatic carbocycles. The summed E-state index contributed by atoms with van der Waals surface area (Å²) in [7, 11) is 1.57. The highest BCUT2D eigenvalue weighted by atomic mass is 32.2. The molecule has 2 aromatic heterocycles. The number of fused-ring (bicyclic) bond motifs is 1. The van der Waals surface area contributed by atoms with Crippen molar-refractivity contribution in [1.29, 1.82) is 0 Å². The number of anilines is 3. The van der Waals surface area contributed by atoms with Crippen molar-refractivity contribution < 1.29 is 13.2 Å². The molecule has 1 saturated carbocycles. The minimum absolute atomic E-state index is 0.0530. The zero-order chi connectivity index (χ0) is 36.6. The summed E-state index contributed by atoms with van der Waals surface area (Å²) in [6, 6.07) is 8.49. The Kier molecular flexibility index (Phi) is 11.0. The van der Waals surface area contributed by atoms with Gasteiger partial charge < -0.3 is 15.1 Å². The average Bonchev–Trinajstić information content (AvgIpc) is 3.61. The fraction of sp³-hybridized carbons (Fsp3) is 0.568. The topological polar surface area (TPSA) is 115 Å². The maximum atomic E-state index is 13.7. The molecule has 270 valence electrons. The molecule has 2 aliphatic rings. The van der Waals surface area contributed by atoms with Gasteiger partial charge >= 0.3 is 6.03 Å². The van der Waals surface area contributed by atoms with E-state index in [2.05, 4.69) is 63.3 Å². The number of urea groups is 1. The lowest BCUT2D eigenvalue weighted by atomic mass is 9.96. The van der Waals surface area contributed by atoms with E-state index in [0.717, 1.165) is 36.6 Å². The van der Waals surface area contributed by atoms with Crippen LogP contribution < -0.4 is 10.2 Å². The second-order valence-electron chi connectivity index (χ2n) is 15.3. The number of hydrogen-bond donors (Lipinski definition) is 1. The van der Waals surface area contributed by atoms with Crippen LogP contribution >= 0.6 is 0 Å². The van der Waals surface area contributed by atoms with Gasteiger partial charge in [0, 0.05) is 51.2 Å². The van der Waals surface area contributed by atoms with Crippen LogP contribution in [0.25, 0.3) is 11.0 Å². The van der Waals surface area contributed by atoms with Crippen LogP contribution in [0.15, 0.2) is 41.4 Å². The standard InChI is InChI=1S/C37H54N8O3SSi/c1-26(2)50(27(3)4,28(5)6)22-17-29-23-33(45-36(46)43(9)25-37(45)18-11-12-19-37)40-34-32(29)24-38-35(41-34)39-30-13-15-31(16-14-30)49(47,48)44(10)21-20-42(7)8/h13-16,23-24,26-28H,11-12,18-21,25H2,1-10H3,(H,38,39,40,41). The largest absolute Gasteiger partial charge is 0.326 e. The van der Waals surface area contributed by atoms with Gasteiger partial charge in [-0.3, -0.25) is 4.90 Å². The predicted octanol–water partition coefficient (Wildman–Crippen LogP) is 6.70. The molecule has 1 N–H and O–H groups in total. The minimum Gasteiger partial charge on any atom is -0.325 e. The van der Waals surface area contributed by atoms with E-state index in [1.54, 1.807) is 42.4 Å². The van der Waals surface area contributed by atoms with Gasteiger partial charge in [0.2, 0.25) is 16.0 Å². The number of aromatic nitrogens is 3. The Balaban J connectivity index is 1.56. The molecule has 1 aliphatic heterocycles. The first kappa shape index (κ1) is 37.7. The molecule has 13 heteroatoms. The first-order valence-electron chi connectivity index (χ1n) is 17.8. The molecule has 1 aliphatic carbocycles. The molecule has 1 saturated heterocycles. The van der Waals surface area contributed by atoms with Crippen molar-refractivity contribution >= 4 is 52.6 Å². The fourth-order valence-electron chi connectivity index (χ4n) is 8.07. The number of nitrogens with one attached hydrogen (secondary N) is 1. The van der Waals surface area contributed by atoms with Crippen molar-refractivity contribution in [3.05, 3.63) is 42.1 Å². The number of carbonyl (C=O) groups is 1. The fourth-order valence-corrected chi connectivity index (χ4v) is 14.5. The van der Waals surface area contributed by atoms with Crippen LogP contribution in [0, 0.1) is 11.5 Å². The summed E-state index contributed by atoms with van der Waals surface area (Å²) < 4.78 is 27.6. The Morgan fingerprint density at radius 1 is 0.960 bits per heavy atom. The number of benzene rings is 1. The lowest BCUT2D eigenvalue weighted by Gasteiger charge is -2.38. The van der Waals surface area contributed by atoms with Gasteiger partial charge in [0.15, 0.2) is 5.65 Å². The molecule has 2 fully saturated rings. The molecule has 50 heavy (non-hydrogen) atoms. The third-order valence-corrected chi connectivity index (χ3v) is 19.0. The van der Waals surface area contributed by atoms with Gasteiger partial charge in [0.05, 0.1) is 15.8 Å². The molecular weight excluding hydrogens is 665 g/mol. The molecule has 3 heterocycles. The van der Waals surface area contributed by atoms with E-state index in [-0.39, 0.29) is 16.5 Å². The highest BCUT2D eigenvalue weighted by Crippen LogP contribution is 2.44. The molecule has 0 atom stereocenters. The summed E-state index contributed by atoms with van der Waals surface area (Å²) in [5.74, 6) is 4.50. The second kappa shape index (κ2) is 14.6. The van der Waals surface area contributed by atoms with Crippen molar-refractivity contribution in [3.63, 3.8) is 0 Å².